The number of carbonyl (C=O) groups is 1. The Morgan fingerprint density at radius 2 is 1.76 bits per heavy atom. The molecule has 0 saturated heterocycles. The number of Topliss-reactive ketones (excluding diaryl/α,β-unsaturated/α-hetero) is 1. The van der Waals surface area contributed by atoms with Crippen molar-refractivity contribution >= 4 is 5.78 Å². The molecule has 1 atom stereocenters. The Balaban J connectivity index is 2.69. The van der Waals surface area contributed by atoms with Crippen molar-refractivity contribution in [2.24, 2.45) is 5.92 Å². The fraction of sp³-hybridized carbons (Fsp3) is 0.462. The van der Waals surface area contributed by atoms with Gasteiger partial charge in [-0.25, -0.2) is 0 Å². The molecular weight excluding hydrogens is 220 g/mol. The van der Waals surface area contributed by atoms with Gasteiger partial charge in [0.25, 0.3) is 0 Å². The third-order valence-electron chi connectivity index (χ3n) is 3.13. The molecule has 0 N–H and O–H groups in total. The molecule has 2 rings (SSSR count). The van der Waals surface area contributed by atoms with E-state index in [0.29, 0.717) is 22.8 Å². The predicted molar refractivity (Wildman–Crippen MR) is 63.3 cm³/mol. The van der Waals surface area contributed by atoms with E-state index in [9.17, 15) is 4.79 Å². The van der Waals surface area contributed by atoms with Crippen LogP contribution in [-0.2, 0) is 6.42 Å². The van der Waals surface area contributed by atoms with Crippen LogP contribution in [0.1, 0.15) is 22.8 Å². The zero-order valence-electron chi connectivity index (χ0n) is 10.5. The highest BCUT2D eigenvalue weighted by atomic mass is 16.5. The van der Waals surface area contributed by atoms with Crippen LogP contribution in [0.2, 0.25) is 0 Å². The first-order valence-electron chi connectivity index (χ1n) is 5.50. The first-order valence-corrected chi connectivity index (χ1v) is 5.50. The number of carbonyl (C=O) groups excluding carboxylic acids is 1. The van der Waals surface area contributed by atoms with Crippen molar-refractivity contribution in [1.29, 1.82) is 0 Å². The SMILES string of the molecule is COc1cc2c(c(OC)c1OC)C(=O)[C@H](C)C2. The standard InChI is InChI=1S/C13H16O4/c1-7-5-8-6-9(15-2)12(16-3)13(17-4)10(8)11(7)14/h6-7H,5H2,1-4H3/t7-/m1/s1. The second-order valence-electron chi connectivity index (χ2n) is 4.15. The maximum absolute atomic E-state index is 12.1. The summed E-state index contributed by atoms with van der Waals surface area (Å²) < 4.78 is 15.8. The minimum absolute atomic E-state index is 0.00397. The Morgan fingerprint density at radius 3 is 2.29 bits per heavy atom. The molecule has 0 saturated carbocycles. The number of methoxy groups -OCH3 is 3. The minimum atomic E-state index is -0.00397. The van der Waals surface area contributed by atoms with Gasteiger partial charge in [-0.3, -0.25) is 4.79 Å². The lowest BCUT2D eigenvalue weighted by Gasteiger charge is -2.15. The lowest BCUT2D eigenvalue weighted by Crippen LogP contribution is -2.06. The van der Waals surface area contributed by atoms with Crippen molar-refractivity contribution in [3.8, 4) is 17.2 Å². The molecule has 1 aliphatic rings. The summed E-state index contributed by atoms with van der Waals surface area (Å²) in [6.45, 7) is 1.92. The summed E-state index contributed by atoms with van der Waals surface area (Å²) in [6.07, 6.45) is 0.727. The maximum Gasteiger partial charge on any atom is 0.204 e. The number of benzene rings is 1. The van der Waals surface area contributed by atoms with E-state index in [4.69, 9.17) is 14.2 Å². The molecule has 0 unspecified atom stereocenters. The highest BCUT2D eigenvalue weighted by Gasteiger charge is 2.33. The van der Waals surface area contributed by atoms with Crippen LogP contribution in [0.5, 0.6) is 17.2 Å². The van der Waals surface area contributed by atoms with Crippen LogP contribution in [-0.4, -0.2) is 27.1 Å². The van der Waals surface area contributed by atoms with E-state index in [0.717, 1.165) is 12.0 Å². The molecule has 0 radical (unpaired) electrons. The summed E-state index contributed by atoms with van der Waals surface area (Å²) in [5.41, 5.74) is 1.61. The fourth-order valence-corrected chi connectivity index (χ4v) is 2.31. The first kappa shape index (κ1) is 11.8. The smallest absolute Gasteiger partial charge is 0.204 e. The highest BCUT2D eigenvalue weighted by molar-refractivity contribution is 6.05. The van der Waals surface area contributed by atoms with Crippen molar-refractivity contribution in [3.05, 3.63) is 17.2 Å². The Labute approximate surface area is 100 Å². The van der Waals surface area contributed by atoms with Crippen LogP contribution in [0, 0.1) is 5.92 Å². The summed E-state index contributed by atoms with van der Waals surface area (Å²) in [5, 5.41) is 0. The summed E-state index contributed by atoms with van der Waals surface area (Å²) >= 11 is 0. The third-order valence-corrected chi connectivity index (χ3v) is 3.13. The summed E-state index contributed by atoms with van der Waals surface area (Å²) in [7, 11) is 4.65. The largest absolute Gasteiger partial charge is 0.493 e. The van der Waals surface area contributed by atoms with Crippen molar-refractivity contribution < 1.29 is 19.0 Å². The maximum atomic E-state index is 12.1. The Hall–Kier alpha value is -1.71. The van der Waals surface area contributed by atoms with Crippen molar-refractivity contribution in [1.82, 2.24) is 0 Å². The molecule has 4 heteroatoms. The van der Waals surface area contributed by atoms with E-state index < -0.39 is 0 Å². The number of fused-ring (bicyclic) bond motifs is 1. The summed E-state index contributed by atoms with van der Waals surface area (Å²) in [6, 6.07) is 1.86. The normalized spacial score (nSPS) is 17.9. The van der Waals surface area contributed by atoms with Gasteiger partial charge in [0.15, 0.2) is 17.3 Å². The van der Waals surface area contributed by atoms with E-state index in [1.54, 1.807) is 7.11 Å². The summed E-state index contributed by atoms with van der Waals surface area (Å²) in [4.78, 5) is 12.1. The van der Waals surface area contributed by atoms with Gasteiger partial charge in [-0.1, -0.05) is 6.92 Å². The molecule has 17 heavy (non-hydrogen) atoms. The monoisotopic (exact) mass is 236 g/mol. The molecule has 0 amide bonds. The quantitative estimate of drug-likeness (QED) is 0.806. The van der Waals surface area contributed by atoms with Crippen molar-refractivity contribution in [3.63, 3.8) is 0 Å². The second kappa shape index (κ2) is 4.28. The average Bonchev–Trinajstić information content (AvgIpc) is 2.62. The molecule has 1 aliphatic carbocycles. The van der Waals surface area contributed by atoms with E-state index in [-0.39, 0.29) is 11.7 Å². The fourth-order valence-electron chi connectivity index (χ4n) is 2.31. The van der Waals surface area contributed by atoms with E-state index in [1.807, 2.05) is 13.0 Å². The molecule has 0 fully saturated rings. The van der Waals surface area contributed by atoms with Gasteiger partial charge in [-0.05, 0) is 18.1 Å². The van der Waals surface area contributed by atoms with Gasteiger partial charge >= 0.3 is 0 Å². The number of hydrogen-bond donors (Lipinski definition) is 0. The zero-order valence-corrected chi connectivity index (χ0v) is 10.5. The molecule has 0 aromatic heterocycles. The Bertz CT molecular complexity index is 465. The van der Waals surface area contributed by atoms with E-state index in [1.165, 1.54) is 14.2 Å². The van der Waals surface area contributed by atoms with Crippen LogP contribution in [0.15, 0.2) is 6.07 Å². The van der Waals surface area contributed by atoms with Crippen LogP contribution in [0.4, 0.5) is 0 Å². The molecule has 1 aromatic rings. The molecule has 92 valence electrons. The molecule has 1 aromatic carbocycles. The van der Waals surface area contributed by atoms with Gasteiger partial charge in [-0.15, -0.1) is 0 Å². The molecule has 0 spiro atoms. The number of ketones is 1. The van der Waals surface area contributed by atoms with Gasteiger partial charge < -0.3 is 14.2 Å². The van der Waals surface area contributed by atoms with Crippen LogP contribution in [0.25, 0.3) is 0 Å². The zero-order chi connectivity index (χ0) is 12.6. The lowest BCUT2D eigenvalue weighted by molar-refractivity contribution is 0.0943. The topological polar surface area (TPSA) is 44.8 Å². The Kier molecular flexibility index (Phi) is 2.96. The number of ether oxygens (including phenoxy) is 3. The summed E-state index contributed by atoms with van der Waals surface area (Å²) in [5.74, 6) is 1.67. The minimum Gasteiger partial charge on any atom is -0.493 e. The number of rotatable bonds is 3. The average molecular weight is 236 g/mol. The second-order valence-corrected chi connectivity index (χ2v) is 4.15. The molecular formula is C13H16O4. The molecule has 0 aliphatic heterocycles. The van der Waals surface area contributed by atoms with Gasteiger partial charge in [0.05, 0.1) is 26.9 Å². The van der Waals surface area contributed by atoms with Crippen molar-refractivity contribution in [2.45, 2.75) is 13.3 Å². The van der Waals surface area contributed by atoms with Crippen LogP contribution < -0.4 is 14.2 Å². The highest BCUT2D eigenvalue weighted by Crippen LogP contribution is 2.45. The van der Waals surface area contributed by atoms with E-state index >= 15 is 0 Å². The number of hydrogen-bond acceptors (Lipinski definition) is 4. The van der Waals surface area contributed by atoms with Crippen molar-refractivity contribution in [2.75, 3.05) is 21.3 Å². The van der Waals surface area contributed by atoms with Gasteiger partial charge in [-0.2, -0.15) is 0 Å². The molecule has 4 nitrogen and oxygen atoms in total. The molecule has 0 heterocycles. The van der Waals surface area contributed by atoms with Crippen LogP contribution in [0.3, 0.4) is 0 Å². The molecule has 0 bridgehead atoms. The Morgan fingerprint density at radius 1 is 1.12 bits per heavy atom. The predicted octanol–water partition coefficient (Wildman–Crippen LogP) is 2.09. The first-order chi connectivity index (χ1) is 8.13. The van der Waals surface area contributed by atoms with Gasteiger partial charge in [0.1, 0.15) is 0 Å². The third kappa shape index (κ3) is 1.64. The van der Waals surface area contributed by atoms with Crippen LogP contribution >= 0.6 is 0 Å². The van der Waals surface area contributed by atoms with Gasteiger partial charge in [0.2, 0.25) is 5.75 Å². The van der Waals surface area contributed by atoms with E-state index in [2.05, 4.69) is 0 Å². The lowest BCUT2D eigenvalue weighted by atomic mass is 10.1. The van der Waals surface area contributed by atoms with Gasteiger partial charge in [0, 0.05) is 5.92 Å².